The standard InChI is InChI=1S/C24H17F2NO4/c1-27-24(29)21-20-19(31-23(21)14-4-6-15(25)7-5-14)10-8-16(22(20)26)17-11-13(12-28)3-9-18(17)30-2/h3-12H,1-2H3,(H,27,29). The fraction of sp³-hybridized carbons (Fsp3) is 0.0833. The quantitative estimate of drug-likeness (QED) is 0.448. The smallest absolute Gasteiger partial charge is 0.255 e. The van der Waals surface area contributed by atoms with Gasteiger partial charge in [0.15, 0.2) is 0 Å². The number of hydrogen-bond donors (Lipinski definition) is 1. The Balaban J connectivity index is 2.03. The predicted molar refractivity (Wildman–Crippen MR) is 112 cm³/mol. The van der Waals surface area contributed by atoms with Crippen LogP contribution < -0.4 is 10.1 Å². The number of carbonyl (C=O) groups excluding carboxylic acids is 2. The van der Waals surface area contributed by atoms with Gasteiger partial charge in [-0.2, -0.15) is 0 Å². The molecule has 0 aliphatic carbocycles. The van der Waals surface area contributed by atoms with Crippen molar-refractivity contribution in [2.75, 3.05) is 14.2 Å². The minimum absolute atomic E-state index is 0.00559. The molecule has 4 aromatic rings. The summed E-state index contributed by atoms with van der Waals surface area (Å²) in [5.41, 5.74) is 1.43. The average molecular weight is 421 g/mol. The van der Waals surface area contributed by atoms with Crippen LogP contribution in [0.25, 0.3) is 33.4 Å². The zero-order valence-electron chi connectivity index (χ0n) is 16.7. The van der Waals surface area contributed by atoms with Gasteiger partial charge in [0.05, 0.1) is 18.1 Å². The number of amides is 1. The van der Waals surface area contributed by atoms with Gasteiger partial charge in [-0.3, -0.25) is 9.59 Å². The summed E-state index contributed by atoms with van der Waals surface area (Å²) in [6, 6.07) is 13.0. The molecule has 1 amide bonds. The maximum Gasteiger partial charge on any atom is 0.255 e. The molecule has 31 heavy (non-hydrogen) atoms. The monoisotopic (exact) mass is 421 g/mol. The number of halogens is 2. The number of ether oxygens (including phenoxy) is 1. The lowest BCUT2D eigenvalue weighted by atomic mass is 9.97. The van der Waals surface area contributed by atoms with Crippen molar-refractivity contribution < 1.29 is 27.5 Å². The van der Waals surface area contributed by atoms with E-state index >= 15 is 4.39 Å². The summed E-state index contributed by atoms with van der Waals surface area (Å²) in [6.07, 6.45) is 0.653. The van der Waals surface area contributed by atoms with Gasteiger partial charge < -0.3 is 14.5 Å². The number of benzene rings is 3. The maximum atomic E-state index is 15.8. The molecule has 1 aromatic heterocycles. The van der Waals surface area contributed by atoms with E-state index in [1.807, 2.05) is 0 Å². The number of furan rings is 1. The summed E-state index contributed by atoms with van der Waals surface area (Å²) in [5.74, 6) is -1.21. The highest BCUT2D eigenvalue weighted by atomic mass is 19.1. The van der Waals surface area contributed by atoms with E-state index < -0.39 is 17.5 Å². The van der Waals surface area contributed by atoms with Gasteiger partial charge in [-0.15, -0.1) is 0 Å². The minimum atomic E-state index is -0.699. The molecule has 0 saturated carbocycles. The van der Waals surface area contributed by atoms with E-state index in [4.69, 9.17) is 9.15 Å². The van der Waals surface area contributed by atoms with Gasteiger partial charge in [0.25, 0.3) is 5.91 Å². The summed E-state index contributed by atoms with van der Waals surface area (Å²) in [4.78, 5) is 23.9. The van der Waals surface area contributed by atoms with Crippen molar-refractivity contribution in [1.82, 2.24) is 5.32 Å². The molecule has 0 spiro atoms. The Morgan fingerprint density at radius 1 is 1.03 bits per heavy atom. The number of rotatable bonds is 5. The summed E-state index contributed by atoms with van der Waals surface area (Å²) in [7, 11) is 2.87. The van der Waals surface area contributed by atoms with Crippen LogP contribution in [0, 0.1) is 11.6 Å². The number of fused-ring (bicyclic) bond motifs is 1. The molecule has 0 fully saturated rings. The maximum absolute atomic E-state index is 15.8. The third-order valence-electron chi connectivity index (χ3n) is 5.00. The largest absolute Gasteiger partial charge is 0.496 e. The molecule has 0 aliphatic rings. The normalized spacial score (nSPS) is 10.8. The molecule has 1 heterocycles. The van der Waals surface area contributed by atoms with E-state index in [9.17, 15) is 14.0 Å². The molecule has 0 aliphatic heterocycles. The van der Waals surface area contributed by atoms with Gasteiger partial charge in [-0.05, 0) is 54.6 Å². The highest BCUT2D eigenvalue weighted by molar-refractivity contribution is 6.12. The summed E-state index contributed by atoms with van der Waals surface area (Å²) < 4.78 is 40.3. The second kappa shape index (κ2) is 8.02. The van der Waals surface area contributed by atoms with Crippen LogP contribution in [0.3, 0.4) is 0 Å². The summed E-state index contributed by atoms with van der Waals surface area (Å²) >= 11 is 0. The van der Waals surface area contributed by atoms with Gasteiger partial charge in [0.1, 0.15) is 35.0 Å². The van der Waals surface area contributed by atoms with Crippen LogP contribution in [-0.2, 0) is 0 Å². The second-order valence-electron chi connectivity index (χ2n) is 6.77. The van der Waals surface area contributed by atoms with E-state index in [0.29, 0.717) is 28.7 Å². The Kier molecular flexibility index (Phi) is 5.25. The highest BCUT2D eigenvalue weighted by Crippen LogP contribution is 2.40. The van der Waals surface area contributed by atoms with Crippen molar-refractivity contribution in [2.45, 2.75) is 0 Å². The molecular weight excluding hydrogens is 404 g/mol. The van der Waals surface area contributed by atoms with Crippen molar-refractivity contribution >= 4 is 23.2 Å². The number of aldehydes is 1. The van der Waals surface area contributed by atoms with Gasteiger partial charge in [-0.25, -0.2) is 8.78 Å². The third-order valence-corrected chi connectivity index (χ3v) is 5.00. The van der Waals surface area contributed by atoms with Gasteiger partial charge >= 0.3 is 0 Å². The summed E-state index contributed by atoms with van der Waals surface area (Å²) in [5, 5.41) is 2.48. The van der Waals surface area contributed by atoms with Crippen molar-refractivity contribution in [2.24, 2.45) is 0 Å². The van der Waals surface area contributed by atoms with E-state index in [1.165, 1.54) is 50.6 Å². The molecule has 0 radical (unpaired) electrons. The van der Waals surface area contributed by atoms with Crippen LogP contribution in [0.4, 0.5) is 8.78 Å². The number of nitrogens with one attached hydrogen (secondary N) is 1. The molecule has 156 valence electrons. The lowest BCUT2D eigenvalue weighted by Gasteiger charge is -2.11. The molecule has 4 rings (SSSR count). The fourth-order valence-electron chi connectivity index (χ4n) is 3.51. The molecule has 7 heteroatoms. The molecule has 3 aromatic carbocycles. The molecule has 0 saturated heterocycles. The second-order valence-corrected chi connectivity index (χ2v) is 6.77. The first kappa shape index (κ1) is 20.3. The Hall–Kier alpha value is -4.00. The Morgan fingerprint density at radius 3 is 2.42 bits per heavy atom. The third kappa shape index (κ3) is 3.44. The molecule has 1 N–H and O–H groups in total. The van der Waals surface area contributed by atoms with Gasteiger partial charge in [-0.1, -0.05) is 0 Å². The number of carbonyl (C=O) groups is 2. The van der Waals surface area contributed by atoms with Crippen LogP contribution in [0.2, 0.25) is 0 Å². The Morgan fingerprint density at radius 2 is 1.77 bits per heavy atom. The first-order chi connectivity index (χ1) is 15.0. The SMILES string of the molecule is CNC(=O)c1c(-c2ccc(F)cc2)oc2ccc(-c3cc(C=O)ccc3OC)c(F)c12. The highest BCUT2D eigenvalue weighted by Gasteiger charge is 2.26. The van der Waals surface area contributed by atoms with Crippen molar-refractivity contribution in [3.63, 3.8) is 0 Å². The van der Waals surface area contributed by atoms with E-state index in [1.54, 1.807) is 18.2 Å². The van der Waals surface area contributed by atoms with E-state index in [-0.39, 0.29) is 27.9 Å². The van der Waals surface area contributed by atoms with Crippen molar-refractivity contribution in [3.05, 3.63) is 77.4 Å². The molecule has 0 atom stereocenters. The van der Waals surface area contributed by atoms with Gasteiger partial charge in [0.2, 0.25) is 0 Å². The predicted octanol–water partition coefficient (Wildman–Crippen LogP) is 5.23. The van der Waals surface area contributed by atoms with Crippen LogP contribution >= 0.6 is 0 Å². The van der Waals surface area contributed by atoms with Crippen LogP contribution in [0.5, 0.6) is 5.75 Å². The van der Waals surface area contributed by atoms with Crippen LogP contribution in [0.1, 0.15) is 20.7 Å². The first-order valence-electron chi connectivity index (χ1n) is 9.35. The molecule has 0 bridgehead atoms. The fourth-order valence-corrected chi connectivity index (χ4v) is 3.51. The lowest BCUT2D eigenvalue weighted by molar-refractivity contribution is 0.0964. The zero-order chi connectivity index (χ0) is 22.1. The van der Waals surface area contributed by atoms with Crippen molar-refractivity contribution in [1.29, 1.82) is 0 Å². The minimum Gasteiger partial charge on any atom is -0.496 e. The van der Waals surface area contributed by atoms with Crippen molar-refractivity contribution in [3.8, 4) is 28.2 Å². The van der Waals surface area contributed by atoms with E-state index in [0.717, 1.165) is 0 Å². The number of methoxy groups -OCH3 is 1. The molecule has 5 nitrogen and oxygen atoms in total. The lowest BCUT2D eigenvalue weighted by Crippen LogP contribution is -2.18. The topological polar surface area (TPSA) is 68.5 Å². The first-order valence-corrected chi connectivity index (χ1v) is 9.35. The summed E-state index contributed by atoms with van der Waals surface area (Å²) in [6.45, 7) is 0. The average Bonchev–Trinajstić information content (AvgIpc) is 3.19. The number of hydrogen-bond acceptors (Lipinski definition) is 4. The van der Waals surface area contributed by atoms with E-state index in [2.05, 4.69) is 5.32 Å². The van der Waals surface area contributed by atoms with Gasteiger partial charge in [0, 0.05) is 29.3 Å². The zero-order valence-corrected chi connectivity index (χ0v) is 16.7. The van der Waals surface area contributed by atoms with Crippen LogP contribution in [0.15, 0.2) is 59.0 Å². The Labute approximate surface area is 176 Å². The molecule has 0 unspecified atom stereocenters. The van der Waals surface area contributed by atoms with Crippen LogP contribution in [-0.4, -0.2) is 26.4 Å². The molecular formula is C24H17F2NO4. The Bertz CT molecular complexity index is 1310.